The third-order valence-electron chi connectivity index (χ3n) is 4.09. The monoisotopic (exact) mass is 406 g/mol. The number of carbonyl (C=O) groups excluding carboxylic acids is 1. The Morgan fingerprint density at radius 1 is 1.32 bits per heavy atom. The van der Waals surface area contributed by atoms with Gasteiger partial charge in [0.05, 0.1) is 16.4 Å². The average Bonchev–Trinajstić information content (AvgIpc) is 3.17. The van der Waals surface area contributed by atoms with Gasteiger partial charge in [-0.25, -0.2) is 9.37 Å². The maximum atomic E-state index is 14.6. The van der Waals surface area contributed by atoms with Gasteiger partial charge in [-0.3, -0.25) is 9.48 Å². The molecule has 1 amide bonds. The van der Waals surface area contributed by atoms with Gasteiger partial charge in [0.2, 0.25) is 0 Å². The highest BCUT2D eigenvalue weighted by atomic mass is 32.1. The molecule has 0 saturated heterocycles. The smallest absolute Gasteiger partial charge is 0.309 e. The SMILES string of the molecule is C=CC(F)(F)c1cc(-c2ccc(NC(=O)c3sc(C)nc3C)cc2F)n(C)n1. The number of allylic oxidation sites excluding steroid dienone is 1. The zero-order valence-corrected chi connectivity index (χ0v) is 16.2. The van der Waals surface area contributed by atoms with Crippen LogP contribution in [0.2, 0.25) is 0 Å². The highest BCUT2D eigenvalue weighted by molar-refractivity contribution is 7.13. The molecule has 0 fully saturated rings. The van der Waals surface area contributed by atoms with Crippen molar-refractivity contribution in [3.8, 4) is 11.3 Å². The van der Waals surface area contributed by atoms with Crippen LogP contribution < -0.4 is 5.32 Å². The van der Waals surface area contributed by atoms with Crippen molar-refractivity contribution in [2.75, 3.05) is 5.32 Å². The van der Waals surface area contributed by atoms with Gasteiger partial charge in [-0.2, -0.15) is 13.9 Å². The molecule has 0 aliphatic heterocycles. The molecule has 9 heteroatoms. The predicted octanol–water partition coefficient (Wildman–Crippen LogP) is 4.83. The molecule has 1 N–H and O–H groups in total. The molecule has 146 valence electrons. The van der Waals surface area contributed by atoms with Crippen molar-refractivity contribution in [2.45, 2.75) is 19.8 Å². The van der Waals surface area contributed by atoms with Crippen molar-refractivity contribution in [3.05, 3.63) is 64.0 Å². The Bertz CT molecular complexity index is 1070. The number of nitrogens with one attached hydrogen (secondary N) is 1. The fourth-order valence-electron chi connectivity index (χ4n) is 2.72. The molecular formula is C19H17F3N4OS. The molecule has 3 rings (SSSR count). The number of hydrogen-bond donors (Lipinski definition) is 1. The summed E-state index contributed by atoms with van der Waals surface area (Å²) in [6.45, 7) is 6.61. The summed E-state index contributed by atoms with van der Waals surface area (Å²) in [5.74, 6) is -4.37. The summed E-state index contributed by atoms with van der Waals surface area (Å²) in [6.07, 6.45) is 0.483. The van der Waals surface area contributed by atoms with Crippen LogP contribution in [0, 0.1) is 19.7 Å². The van der Waals surface area contributed by atoms with Gasteiger partial charge in [0.15, 0.2) is 0 Å². The number of carbonyl (C=O) groups is 1. The first-order valence-electron chi connectivity index (χ1n) is 8.23. The number of halogens is 3. The molecule has 0 saturated carbocycles. The quantitative estimate of drug-likeness (QED) is 0.618. The van der Waals surface area contributed by atoms with E-state index in [0.29, 0.717) is 16.6 Å². The second kappa shape index (κ2) is 7.23. The Kier molecular flexibility index (Phi) is 5.12. The minimum atomic E-state index is -3.31. The Hall–Kier alpha value is -2.94. The van der Waals surface area contributed by atoms with E-state index < -0.39 is 17.4 Å². The standard InChI is InChI=1S/C19H17F3N4OS/c1-5-19(21,22)16-9-15(26(4)25-16)13-7-6-12(8-14(13)20)24-18(27)17-10(2)23-11(3)28-17/h5-9H,1H2,2-4H3,(H,24,27). The lowest BCUT2D eigenvalue weighted by atomic mass is 10.1. The third-order valence-corrected chi connectivity index (χ3v) is 5.16. The van der Waals surface area contributed by atoms with Gasteiger partial charge in [-0.1, -0.05) is 6.58 Å². The Morgan fingerprint density at radius 3 is 2.61 bits per heavy atom. The summed E-state index contributed by atoms with van der Waals surface area (Å²) in [6, 6.07) is 5.15. The number of nitrogens with zero attached hydrogens (tertiary/aromatic N) is 3. The second-order valence-electron chi connectivity index (χ2n) is 6.16. The van der Waals surface area contributed by atoms with Gasteiger partial charge >= 0.3 is 5.92 Å². The van der Waals surface area contributed by atoms with Crippen molar-refractivity contribution in [1.29, 1.82) is 0 Å². The van der Waals surface area contributed by atoms with Crippen LogP contribution >= 0.6 is 11.3 Å². The Morgan fingerprint density at radius 2 is 2.04 bits per heavy atom. The average molecular weight is 406 g/mol. The number of rotatable bonds is 5. The lowest BCUT2D eigenvalue weighted by Gasteiger charge is -2.08. The van der Waals surface area contributed by atoms with E-state index in [0.717, 1.165) is 17.1 Å². The summed E-state index contributed by atoms with van der Waals surface area (Å²) in [7, 11) is 1.45. The lowest BCUT2D eigenvalue weighted by Crippen LogP contribution is -2.11. The first-order valence-corrected chi connectivity index (χ1v) is 9.05. The number of aryl methyl sites for hydroxylation is 3. The number of benzene rings is 1. The van der Waals surface area contributed by atoms with Gasteiger partial charge in [0.25, 0.3) is 5.91 Å². The van der Waals surface area contributed by atoms with Crippen molar-refractivity contribution in [3.63, 3.8) is 0 Å². The molecule has 2 heterocycles. The zero-order valence-electron chi connectivity index (χ0n) is 15.4. The van der Waals surface area contributed by atoms with E-state index in [9.17, 15) is 18.0 Å². The first-order chi connectivity index (χ1) is 13.1. The topological polar surface area (TPSA) is 59.8 Å². The van der Waals surface area contributed by atoms with E-state index in [2.05, 4.69) is 22.0 Å². The zero-order chi connectivity index (χ0) is 20.6. The number of aromatic nitrogens is 3. The van der Waals surface area contributed by atoms with Gasteiger partial charge in [0, 0.05) is 18.3 Å². The minimum absolute atomic E-state index is 0.0870. The van der Waals surface area contributed by atoms with Crippen LogP contribution in [0.15, 0.2) is 36.9 Å². The molecule has 0 aliphatic carbocycles. The molecule has 2 aromatic heterocycles. The summed E-state index contributed by atoms with van der Waals surface area (Å²) < 4.78 is 43.3. The third kappa shape index (κ3) is 3.70. The summed E-state index contributed by atoms with van der Waals surface area (Å²) >= 11 is 1.25. The molecule has 0 radical (unpaired) electrons. The van der Waals surface area contributed by atoms with E-state index in [1.165, 1.54) is 35.2 Å². The number of thiazole rings is 1. The molecule has 0 atom stereocenters. The van der Waals surface area contributed by atoms with E-state index in [4.69, 9.17) is 0 Å². The second-order valence-corrected chi connectivity index (χ2v) is 7.36. The minimum Gasteiger partial charge on any atom is -0.321 e. The maximum absolute atomic E-state index is 14.6. The van der Waals surface area contributed by atoms with Gasteiger partial charge in [-0.05, 0) is 44.2 Å². The molecular weight excluding hydrogens is 389 g/mol. The van der Waals surface area contributed by atoms with E-state index in [1.807, 2.05) is 0 Å². The van der Waals surface area contributed by atoms with Gasteiger partial charge in [-0.15, -0.1) is 11.3 Å². The molecule has 0 unspecified atom stereocenters. The highest BCUT2D eigenvalue weighted by Gasteiger charge is 2.31. The largest absolute Gasteiger partial charge is 0.321 e. The van der Waals surface area contributed by atoms with E-state index >= 15 is 0 Å². The lowest BCUT2D eigenvalue weighted by molar-refractivity contribution is 0.0470. The van der Waals surface area contributed by atoms with Crippen LogP contribution in [0.3, 0.4) is 0 Å². The molecule has 28 heavy (non-hydrogen) atoms. The number of amides is 1. The molecule has 0 aliphatic rings. The van der Waals surface area contributed by atoms with Crippen LogP contribution in [-0.4, -0.2) is 20.7 Å². The molecule has 0 spiro atoms. The van der Waals surface area contributed by atoms with Gasteiger partial charge < -0.3 is 5.32 Å². The van der Waals surface area contributed by atoms with Crippen molar-refractivity contribution < 1.29 is 18.0 Å². The molecule has 0 bridgehead atoms. The van der Waals surface area contributed by atoms with Gasteiger partial charge in [0.1, 0.15) is 16.4 Å². The number of alkyl halides is 2. The number of anilines is 1. The highest BCUT2D eigenvalue weighted by Crippen LogP contribution is 2.32. The molecule has 1 aromatic carbocycles. The van der Waals surface area contributed by atoms with Crippen LogP contribution in [0.25, 0.3) is 11.3 Å². The van der Waals surface area contributed by atoms with Crippen LogP contribution in [0.1, 0.15) is 26.1 Å². The Labute approximate surface area is 163 Å². The van der Waals surface area contributed by atoms with Crippen molar-refractivity contribution in [1.82, 2.24) is 14.8 Å². The van der Waals surface area contributed by atoms with E-state index in [-0.39, 0.29) is 22.9 Å². The predicted molar refractivity (Wildman–Crippen MR) is 102 cm³/mol. The fourth-order valence-corrected chi connectivity index (χ4v) is 3.53. The Balaban J connectivity index is 1.88. The summed E-state index contributed by atoms with van der Waals surface area (Å²) in [5, 5.41) is 7.12. The summed E-state index contributed by atoms with van der Waals surface area (Å²) in [4.78, 5) is 17.0. The first kappa shape index (κ1) is 19.8. The normalized spacial score (nSPS) is 11.5. The van der Waals surface area contributed by atoms with Crippen molar-refractivity contribution >= 4 is 22.9 Å². The summed E-state index contributed by atoms with van der Waals surface area (Å²) in [5.41, 5.74) is 0.593. The van der Waals surface area contributed by atoms with E-state index in [1.54, 1.807) is 13.8 Å². The van der Waals surface area contributed by atoms with Crippen LogP contribution in [0.5, 0.6) is 0 Å². The molecule has 5 nitrogen and oxygen atoms in total. The fraction of sp³-hybridized carbons (Fsp3) is 0.211. The number of hydrogen-bond acceptors (Lipinski definition) is 4. The molecule has 3 aromatic rings. The van der Waals surface area contributed by atoms with Crippen molar-refractivity contribution in [2.24, 2.45) is 7.05 Å². The maximum Gasteiger partial charge on any atom is 0.309 e. The van der Waals surface area contributed by atoms with Crippen LogP contribution in [0.4, 0.5) is 18.9 Å². The van der Waals surface area contributed by atoms with Crippen LogP contribution in [-0.2, 0) is 13.0 Å².